The maximum atomic E-state index is 14.5. The number of alkyl halides is 3. The number of piperidine rings is 1. The number of aromatic nitrogens is 3. The number of aromatic carboxylic acids is 1. The van der Waals surface area contributed by atoms with E-state index in [4.69, 9.17) is 0 Å². The Morgan fingerprint density at radius 3 is 2.56 bits per heavy atom. The fourth-order valence-electron chi connectivity index (χ4n) is 4.12. The molecule has 0 amide bonds. The van der Waals surface area contributed by atoms with Gasteiger partial charge in [-0.05, 0) is 43.5 Å². The first-order valence-electron chi connectivity index (χ1n) is 10.5. The molecule has 180 valence electrons. The van der Waals surface area contributed by atoms with Crippen molar-refractivity contribution in [2.45, 2.75) is 31.5 Å². The first-order chi connectivity index (χ1) is 16.1. The molecule has 1 aliphatic rings. The van der Waals surface area contributed by atoms with E-state index in [-0.39, 0.29) is 16.9 Å². The summed E-state index contributed by atoms with van der Waals surface area (Å²) < 4.78 is 58.4. The van der Waals surface area contributed by atoms with E-state index in [0.717, 1.165) is 37.6 Å². The molecule has 0 unspecified atom stereocenters. The monoisotopic (exact) mass is 479 g/mol. The average molecular weight is 479 g/mol. The Morgan fingerprint density at radius 2 is 1.91 bits per heavy atom. The number of fused-ring (bicyclic) bond motifs is 1. The fourth-order valence-corrected chi connectivity index (χ4v) is 4.12. The van der Waals surface area contributed by atoms with Crippen molar-refractivity contribution in [1.82, 2.24) is 14.5 Å². The van der Waals surface area contributed by atoms with Gasteiger partial charge in [-0.25, -0.2) is 19.2 Å². The summed E-state index contributed by atoms with van der Waals surface area (Å²) in [6, 6.07) is 1.30. The van der Waals surface area contributed by atoms with E-state index >= 15 is 0 Å². The lowest BCUT2D eigenvalue weighted by molar-refractivity contribution is -0.143. The lowest BCUT2D eigenvalue weighted by Gasteiger charge is -2.30. The van der Waals surface area contributed by atoms with Gasteiger partial charge in [0.05, 0.1) is 10.9 Å². The molecule has 12 heteroatoms. The number of halogens is 4. The van der Waals surface area contributed by atoms with Gasteiger partial charge in [-0.3, -0.25) is 9.36 Å². The Kier molecular flexibility index (Phi) is 6.15. The summed E-state index contributed by atoms with van der Waals surface area (Å²) >= 11 is 0. The molecule has 0 bridgehead atoms. The van der Waals surface area contributed by atoms with E-state index in [9.17, 15) is 32.3 Å². The fraction of sp³-hybridized carbons (Fsp3) is 0.364. The molecule has 0 aliphatic carbocycles. The summed E-state index contributed by atoms with van der Waals surface area (Å²) in [5.41, 5.74) is -2.13. The van der Waals surface area contributed by atoms with Crippen molar-refractivity contribution >= 4 is 28.6 Å². The number of pyridine rings is 1. The van der Waals surface area contributed by atoms with Crippen LogP contribution >= 0.6 is 0 Å². The SMILES string of the molecule is Cn1c(N2CCCCC2)nc2c([C@H](Nc3ncccc3C(=O)O)C(F)(F)F)cc(F)cc2c1=O. The molecule has 0 spiro atoms. The highest BCUT2D eigenvalue weighted by Gasteiger charge is 2.43. The van der Waals surface area contributed by atoms with Crippen molar-refractivity contribution in [2.24, 2.45) is 7.05 Å². The number of hydrogen-bond donors (Lipinski definition) is 2. The van der Waals surface area contributed by atoms with Crippen molar-refractivity contribution in [3.63, 3.8) is 0 Å². The van der Waals surface area contributed by atoms with Crippen LogP contribution in [0.1, 0.15) is 41.2 Å². The maximum Gasteiger partial charge on any atom is 0.412 e. The van der Waals surface area contributed by atoms with Gasteiger partial charge in [0.15, 0.2) is 6.04 Å². The maximum absolute atomic E-state index is 14.5. The normalized spacial score (nSPS) is 15.4. The zero-order valence-electron chi connectivity index (χ0n) is 18.1. The summed E-state index contributed by atoms with van der Waals surface area (Å²) in [7, 11) is 1.44. The van der Waals surface area contributed by atoms with Crippen molar-refractivity contribution in [3.05, 3.63) is 57.8 Å². The summed E-state index contributed by atoms with van der Waals surface area (Å²) in [5.74, 6) is -2.90. The second-order valence-corrected chi connectivity index (χ2v) is 8.04. The molecule has 0 saturated carbocycles. The standard InChI is InChI=1S/C22H21F4N5O3/c1-30-19(32)15-11-12(23)10-14(16(15)28-21(30)31-8-3-2-4-9-31)17(22(24,25)26)29-18-13(20(33)34)6-5-7-27-18/h5-7,10-11,17H,2-4,8-9H2,1H3,(H,27,29)(H,33,34)/t17-/m0/s1. The van der Waals surface area contributed by atoms with Gasteiger partial charge in [-0.1, -0.05) is 0 Å². The molecule has 3 aromatic rings. The van der Waals surface area contributed by atoms with E-state index in [0.29, 0.717) is 19.2 Å². The molecule has 1 aromatic carbocycles. The Bertz CT molecular complexity index is 1300. The van der Waals surface area contributed by atoms with Crippen LogP contribution in [-0.2, 0) is 7.05 Å². The van der Waals surface area contributed by atoms with Crippen LogP contribution < -0.4 is 15.8 Å². The zero-order chi connectivity index (χ0) is 24.6. The highest BCUT2D eigenvalue weighted by atomic mass is 19.4. The predicted octanol–water partition coefficient (Wildman–Crippen LogP) is 3.87. The van der Waals surface area contributed by atoms with Gasteiger partial charge in [0.1, 0.15) is 17.2 Å². The minimum Gasteiger partial charge on any atom is -0.478 e. The smallest absolute Gasteiger partial charge is 0.412 e. The van der Waals surface area contributed by atoms with E-state index in [1.807, 2.05) is 4.90 Å². The van der Waals surface area contributed by atoms with Crippen LogP contribution in [0.5, 0.6) is 0 Å². The Labute approximate surface area is 190 Å². The van der Waals surface area contributed by atoms with E-state index < -0.39 is 46.5 Å². The molecule has 0 radical (unpaired) electrons. The number of benzene rings is 1. The van der Waals surface area contributed by atoms with E-state index in [1.54, 1.807) is 0 Å². The van der Waals surface area contributed by atoms with Crippen molar-refractivity contribution < 1.29 is 27.5 Å². The van der Waals surface area contributed by atoms with Gasteiger partial charge in [-0.2, -0.15) is 13.2 Å². The molecule has 8 nitrogen and oxygen atoms in total. The highest BCUT2D eigenvalue weighted by Crippen LogP contribution is 2.39. The lowest BCUT2D eigenvalue weighted by Crippen LogP contribution is -2.36. The molecule has 1 atom stereocenters. The topological polar surface area (TPSA) is 100 Å². The second kappa shape index (κ2) is 8.92. The molecular formula is C22H21F4N5O3. The number of nitrogens with zero attached hydrogens (tertiary/aromatic N) is 4. The van der Waals surface area contributed by atoms with Crippen molar-refractivity contribution in [2.75, 3.05) is 23.3 Å². The quantitative estimate of drug-likeness (QED) is 0.536. The molecule has 2 N–H and O–H groups in total. The third kappa shape index (κ3) is 4.39. The van der Waals surface area contributed by atoms with E-state index in [2.05, 4.69) is 15.3 Å². The van der Waals surface area contributed by atoms with Gasteiger partial charge in [-0.15, -0.1) is 0 Å². The average Bonchev–Trinajstić information content (AvgIpc) is 2.79. The molecule has 1 fully saturated rings. The third-order valence-electron chi connectivity index (χ3n) is 5.75. The number of anilines is 2. The number of nitrogens with one attached hydrogen (secondary N) is 1. The van der Waals surface area contributed by atoms with Crippen LogP contribution in [0.25, 0.3) is 10.9 Å². The van der Waals surface area contributed by atoms with E-state index in [1.165, 1.54) is 17.7 Å². The molecule has 1 aliphatic heterocycles. The first-order valence-corrected chi connectivity index (χ1v) is 10.5. The van der Waals surface area contributed by atoms with Crippen molar-refractivity contribution in [3.8, 4) is 0 Å². The predicted molar refractivity (Wildman–Crippen MR) is 117 cm³/mol. The Morgan fingerprint density at radius 1 is 1.21 bits per heavy atom. The largest absolute Gasteiger partial charge is 0.478 e. The zero-order valence-corrected chi connectivity index (χ0v) is 18.1. The minimum absolute atomic E-state index is 0.190. The van der Waals surface area contributed by atoms with Crippen LogP contribution in [0.4, 0.5) is 29.3 Å². The van der Waals surface area contributed by atoms with Crippen LogP contribution in [0.3, 0.4) is 0 Å². The molecule has 4 rings (SSSR count). The Hall–Kier alpha value is -3.70. The number of hydrogen-bond acceptors (Lipinski definition) is 6. The third-order valence-corrected chi connectivity index (χ3v) is 5.75. The van der Waals surface area contributed by atoms with Crippen LogP contribution in [-0.4, -0.2) is 44.9 Å². The summed E-state index contributed by atoms with van der Waals surface area (Å²) in [5, 5.41) is 11.1. The minimum atomic E-state index is -5.00. The number of rotatable bonds is 5. The van der Waals surface area contributed by atoms with Crippen molar-refractivity contribution in [1.29, 1.82) is 0 Å². The van der Waals surface area contributed by atoms with Gasteiger partial charge >= 0.3 is 12.1 Å². The Balaban J connectivity index is 1.94. The molecule has 2 aromatic heterocycles. The van der Waals surface area contributed by atoms with Gasteiger partial charge < -0.3 is 15.3 Å². The van der Waals surface area contributed by atoms with Gasteiger partial charge in [0.2, 0.25) is 5.95 Å². The highest BCUT2D eigenvalue weighted by molar-refractivity contribution is 5.93. The van der Waals surface area contributed by atoms with Crippen LogP contribution in [0.15, 0.2) is 35.3 Å². The molecule has 1 saturated heterocycles. The van der Waals surface area contributed by atoms with Gasteiger partial charge in [0.25, 0.3) is 5.56 Å². The molecular weight excluding hydrogens is 458 g/mol. The first kappa shape index (κ1) is 23.5. The van der Waals surface area contributed by atoms with Crippen LogP contribution in [0, 0.1) is 5.82 Å². The lowest BCUT2D eigenvalue weighted by atomic mass is 10.0. The summed E-state index contributed by atoms with van der Waals surface area (Å²) in [6.07, 6.45) is -1.19. The number of carboxylic acids is 1. The van der Waals surface area contributed by atoms with Gasteiger partial charge in [0, 0.05) is 31.9 Å². The number of carboxylic acid groups (broad SMARTS) is 1. The molecule has 34 heavy (non-hydrogen) atoms. The second-order valence-electron chi connectivity index (χ2n) is 8.04. The summed E-state index contributed by atoms with van der Waals surface area (Å²) in [4.78, 5) is 34.4. The molecule has 3 heterocycles. The van der Waals surface area contributed by atoms with Crippen LogP contribution in [0.2, 0.25) is 0 Å². The summed E-state index contributed by atoms with van der Waals surface area (Å²) in [6.45, 7) is 1.17. The number of carbonyl (C=O) groups is 1.